The van der Waals surface area contributed by atoms with E-state index in [4.69, 9.17) is 0 Å². The lowest BCUT2D eigenvalue weighted by molar-refractivity contribution is 0.587. The van der Waals surface area contributed by atoms with Crippen molar-refractivity contribution >= 4 is 10.9 Å². The van der Waals surface area contributed by atoms with Crippen LogP contribution in [-0.2, 0) is 19.5 Å². The average Bonchev–Trinajstić information content (AvgIpc) is 2.73. The predicted octanol–water partition coefficient (Wildman–Crippen LogP) is 3.90. The minimum Gasteiger partial charge on any atom is -0.289 e. The lowest BCUT2D eigenvalue weighted by Crippen LogP contribution is -2.40. The molecule has 0 amide bonds. The summed E-state index contributed by atoms with van der Waals surface area (Å²) in [6.45, 7) is 2.55. The Balaban J connectivity index is 1.83. The van der Waals surface area contributed by atoms with Crippen molar-refractivity contribution in [3.8, 4) is 0 Å². The summed E-state index contributed by atoms with van der Waals surface area (Å²) >= 11 is 0. The number of fused-ring (bicyclic) bond motifs is 1. The van der Waals surface area contributed by atoms with Crippen molar-refractivity contribution in [3.63, 3.8) is 0 Å². The number of nitrogens with zero attached hydrogens (tertiary/aromatic N) is 2. The van der Waals surface area contributed by atoms with Crippen LogP contribution >= 0.6 is 0 Å². The van der Waals surface area contributed by atoms with Crippen LogP contribution in [0.4, 0.5) is 4.39 Å². The van der Waals surface area contributed by atoms with Crippen molar-refractivity contribution < 1.29 is 4.39 Å². The highest BCUT2D eigenvalue weighted by atomic mass is 19.1. The van der Waals surface area contributed by atoms with Gasteiger partial charge in [-0.25, -0.2) is 9.18 Å². The second kappa shape index (κ2) is 7.87. The van der Waals surface area contributed by atoms with Crippen LogP contribution in [0.5, 0.6) is 0 Å². The Morgan fingerprint density at radius 2 is 1.55 bits per heavy atom. The number of hydrogen-bond acceptors (Lipinski definition) is 2. The number of hydrogen-bond donors (Lipinski definition) is 0. The fourth-order valence-corrected chi connectivity index (χ4v) is 3.51. The Morgan fingerprint density at radius 3 is 2.28 bits per heavy atom. The lowest BCUT2D eigenvalue weighted by atomic mass is 10.1. The summed E-state index contributed by atoms with van der Waals surface area (Å²) in [5.41, 5.74) is 2.70. The largest absolute Gasteiger partial charge is 0.331 e. The molecular weight excluding hydrogens is 367 g/mol. The second-order valence-corrected chi connectivity index (χ2v) is 7.21. The molecule has 0 aliphatic heterocycles. The van der Waals surface area contributed by atoms with E-state index in [2.05, 4.69) is 0 Å². The maximum absolute atomic E-state index is 13.9. The van der Waals surface area contributed by atoms with Crippen LogP contribution in [0.15, 0.2) is 82.4 Å². The molecule has 0 bridgehead atoms. The number of aromatic nitrogens is 2. The minimum atomic E-state index is -0.496. The van der Waals surface area contributed by atoms with Crippen molar-refractivity contribution in [3.05, 3.63) is 116 Å². The number of rotatable bonds is 5. The molecule has 4 nitrogen and oxygen atoms in total. The van der Waals surface area contributed by atoms with Gasteiger partial charge >= 0.3 is 5.69 Å². The van der Waals surface area contributed by atoms with Gasteiger partial charge in [0.25, 0.3) is 5.56 Å². The molecule has 4 aromatic rings. The molecule has 0 N–H and O–H groups in total. The summed E-state index contributed by atoms with van der Waals surface area (Å²) in [4.78, 5) is 26.2. The van der Waals surface area contributed by atoms with E-state index in [1.165, 1.54) is 22.8 Å². The summed E-state index contributed by atoms with van der Waals surface area (Å²) in [5, 5.41) is 0.213. The van der Waals surface area contributed by atoms with Crippen molar-refractivity contribution in [1.82, 2.24) is 9.13 Å². The summed E-state index contributed by atoms with van der Waals surface area (Å²) in [6.07, 6.45) is 0.543. The van der Waals surface area contributed by atoms with Crippen LogP contribution in [0, 0.1) is 12.7 Å². The molecular formula is C24H21FN2O2. The summed E-state index contributed by atoms with van der Waals surface area (Å²) in [7, 11) is 0. The summed E-state index contributed by atoms with van der Waals surface area (Å²) in [6, 6.07) is 21.5. The quantitative estimate of drug-likeness (QED) is 0.520. The Morgan fingerprint density at radius 1 is 0.828 bits per heavy atom. The molecule has 1 heterocycles. The standard InChI is InChI=1S/C24H21FN2O2/c1-17-7-9-19(10-8-17)16-27-22-12-11-20(25)15-21(22)23(28)26(24(27)29)14-13-18-5-3-2-4-6-18/h2-12,15H,13-14,16H2,1H3. The molecule has 3 aromatic carbocycles. The van der Waals surface area contributed by atoms with Crippen LogP contribution in [-0.4, -0.2) is 9.13 Å². The minimum absolute atomic E-state index is 0.213. The van der Waals surface area contributed by atoms with E-state index in [9.17, 15) is 14.0 Å². The fourth-order valence-electron chi connectivity index (χ4n) is 3.51. The van der Waals surface area contributed by atoms with E-state index in [0.717, 1.165) is 16.7 Å². The van der Waals surface area contributed by atoms with Gasteiger partial charge in [-0.15, -0.1) is 0 Å². The van der Waals surface area contributed by atoms with Gasteiger partial charge < -0.3 is 0 Å². The van der Waals surface area contributed by atoms with Gasteiger partial charge in [-0.05, 0) is 42.7 Å². The number of aryl methyl sites for hydroxylation is 2. The topological polar surface area (TPSA) is 44.0 Å². The highest BCUT2D eigenvalue weighted by Crippen LogP contribution is 2.13. The maximum atomic E-state index is 13.9. The first-order valence-electron chi connectivity index (χ1n) is 9.55. The maximum Gasteiger partial charge on any atom is 0.331 e. The molecule has 0 saturated heterocycles. The Labute approximate surface area is 167 Å². The van der Waals surface area contributed by atoms with Crippen molar-refractivity contribution in [1.29, 1.82) is 0 Å². The molecule has 0 atom stereocenters. The SMILES string of the molecule is Cc1ccc(Cn2c(=O)n(CCc3ccccc3)c(=O)c3cc(F)ccc32)cc1. The molecule has 0 fully saturated rings. The van der Waals surface area contributed by atoms with Crippen LogP contribution < -0.4 is 11.2 Å². The highest BCUT2D eigenvalue weighted by molar-refractivity contribution is 5.78. The zero-order valence-electron chi connectivity index (χ0n) is 16.1. The molecule has 1 aromatic heterocycles. The van der Waals surface area contributed by atoms with Crippen molar-refractivity contribution in [2.24, 2.45) is 0 Å². The van der Waals surface area contributed by atoms with Crippen LogP contribution in [0.25, 0.3) is 10.9 Å². The van der Waals surface area contributed by atoms with E-state index in [1.54, 1.807) is 4.57 Å². The third-order valence-electron chi connectivity index (χ3n) is 5.11. The van der Waals surface area contributed by atoms with E-state index < -0.39 is 11.4 Å². The van der Waals surface area contributed by atoms with Gasteiger partial charge in [-0.3, -0.25) is 13.9 Å². The van der Waals surface area contributed by atoms with Crippen LogP contribution in [0.1, 0.15) is 16.7 Å². The van der Waals surface area contributed by atoms with E-state index in [1.807, 2.05) is 61.5 Å². The van der Waals surface area contributed by atoms with Gasteiger partial charge in [0.1, 0.15) is 5.82 Å². The van der Waals surface area contributed by atoms with Gasteiger partial charge in [0.15, 0.2) is 0 Å². The molecule has 5 heteroatoms. The van der Waals surface area contributed by atoms with Gasteiger partial charge in [-0.1, -0.05) is 60.2 Å². The highest BCUT2D eigenvalue weighted by Gasteiger charge is 2.14. The Hall–Kier alpha value is -3.47. The number of halogens is 1. The zero-order valence-corrected chi connectivity index (χ0v) is 16.1. The third-order valence-corrected chi connectivity index (χ3v) is 5.11. The van der Waals surface area contributed by atoms with E-state index >= 15 is 0 Å². The molecule has 0 saturated carbocycles. The molecule has 29 heavy (non-hydrogen) atoms. The summed E-state index contributed by atoms with van der Waals surface area (Å²) in [5.74, 6) is -0.496. The van der Waals surface area contributed by atoms with Crippen molar-refractivity contribution in [2.75, 3.05) is 0 Å². The predicted molar refractivity (Wildman–Crippen MR) is 113 cm³/mol. The van der Waals surface area contributed by atoms with Crippen LogP contribution in [0.2, 0.25) is 0 Å². The van der Waals surface area contributed by atoms with Gasteiger partial charge in [-0.2, -0.15) is 0 Å². The molecule has 146 valence electrons. The zero-order chi connectivity index (χ0) is 20.4. The van der Waals surface area contributed by atoms with Crippen molar-refractivity contribution in [2.45, 2.75) is 26.4 Å². The fraction of sp³-hybridized carbons (Fsp3) is 0.167. The van der Waals surface area contributed by atoms with Gasteiger partial charge in [0.2, 0.25) is 0 Å². The first kappa shape index (κ1) is 18.9. The smallest absolute Gasteiger partial charge is 0.289 e. The molecule has 0 aliphatic rings. The molecule has 0 spiro atoms. The normalized spacial score (nSPS) is 11.1. The third kappa shape index (κ3) is 3.90. The summed E-state index contributed by atoms with van der Waals surface area (Å²) < 4.78 is 16.6. The molecule has 0 unspecified atom stereocenters. The van der Waals surface area contributed by atoms with Gasteiger partial charge in [0, 0.05) is 6.54 Å². The van der Waals surface area contributed by atoms with Gasteiger partial charge in [0.05, 0.1) is 17.4 Å². The molecule has 4 rings (SSSR count). The van der Waals surface area contributed by atoms with E-state index in [0.29, 0.717) is 18.5 Å². The van der Waals surface area contributed by atoms with Crippen LogP contribution in [0.3, 0.4) is 0 Å². The Bertz CT molecular complexity index is 1270. The van der Waals surface area contributed by atoms with E-state index in [-0.39, 0.29) is 17.6 Å². The lowest BCUT2D eigenvalue weighted by Gasteiger charge is -2.14. The average molecular weight is 388 g/mol. The monoisotopic (exact) mass is 388 g/mol. The number of benzene rings is 3. The Kier molecular flexibility index (Phi) is 5.12. The first-order valence-corrected chi connectivity index (χ1v) is 9.55. The molecule has 0 radical (unpaired) electrons. The first-order chi connectivity index (χ1) is 14.0. The second-order valence-electron chi connectivity index (χ2n) is 7.21. The molecule has 0 aliphatic carbocycles.